The molecule has 0 aliphatic heterocycles. The molecule has 50 heavy (non-hydrogen) atoms. The molecule has 3 nitrogen and oxygen atoms in total. The second-order valence-electron chi connectivity index (χ2n) is 15.6. The van der Waals surface area contributed by atoms with Crippen LogP contribution >= 0.6 is 0 Å². The zero-order valence-electron chi connectivity index (χ0n) is 34.2. The van der Waals surface area contributed by atoms with Crippen molar-refractivity contribution >= 4 is 5.97 Å². The molecule has 0 unspecified atom stereocenters. The van der Waals surface area contributed by atoms with Crippen LogP contribution in [0.15, 0.2) is 24.3 Å². The van der Waals surface area contributed by atoms with Crippen molar-refractivity contribution in [1.29, 1.82) is 0 Å². The molecule has 3 heteroatoms. The molecule has 0 rings (SSSR count). The number of aliphatic hydroxyl groups is 1. The lowest BCUT2D eigenvalue weighted by molar-refractivity contribution is -0.144. The summed E-state index contributed by atoms with van der Waals surface area (Å²) in [5.74, 6) is -0.0937. The number of carbonyl (C=O) groups is 1. The van der Waals surface area contributed by atoms with Gasteiger partial charge in [-0.2, -0.15) is 0 Å². The Balaban J connectivity index is 3.30. The monoisotopic (exact) mass is 703 g/mol. The molecule has 0 fully saturated rings. The van der Waals surface area contributed by atoms with E-state index in [2.05, 4.69) is 38.2 Å². The number of hydrogen-bond donors (Lipinski definition) is 1. The van der Waals surface area contributed by atoms with Crippen LogP contribution in [0.3, 0.4) is 0 Å². The minimum atomic E-state index is -0.340. The van der Waals surface area contributed by atoms with E-state index < -0.39 is 0 Å². The van der Waals surface area contributed by atoms with Crippen molar-refractivity contribution in [3.05, 3.63) is 24.3 Å². The van der Waals surface area contributed by atoms with Crippen LogP contribution in [0.2, 0.25) is 0 Å². The summed E-state index contributed by atoms with van der Waals surface area (Å²) in [5, 5.41) is 10.2. The largest absolute Gasteiger partial charge is 0.466 e. The molecule has 0 saturated heterocycles. The Labute approximate surface area is 314 Å². The molecule has 0 aliphatic rings. The fraction of sp³-hybridized carbons (Fsp3) is 0.894. The van der Waals surface area contributed by atoms with Gasteiger partial charge in [0, 0.05) is 12.8 Å². The highest BCUT2D eigenvalue weighted by Gasteiger charge is 2.07. The predicted molar refractivity (Wildman–Crippen MR) is 222 cm³/mol. The first kappa shape index (κ1) is 48.9. The number of aliphatic hydroxyl groups excluding tert-OH is 1. The van der Waals surface area contributed by atoms with E-state index in [-0.39, 0.29) is 12.1 Å². The fourth-order valence-electron chi connectivity index (χ4n) is 6.91. The second kappa shape index (κ2) is 44.1. The third kappa shape index (κ3) is 43.1. The Bertz CT molecular complexity index is 699. The molecule has 0 spiro atoms. The van der Waals surface area contributed by atoms with Crippen LogP contribution in [0.1, 0.15) is 258 Å². The van der Waals surface area contributed by atoms with Crippen molar-refractivity contribution in [2.45, 2.75) is 264 Å². The summed E-state index contributed by atoms with van der Waals surface area (Å²) in [4.78, 5) is 12.0. The molecular formula is C47H90O3. The van der Waals surface area contributed by atoms with Gasteiger partial charge >= 0.3 is 5.97 Å². The molecule has 0 aromatic rings. The minimum absolute atomic E-state index is 0.0937. The summed E-state index contributed by atoms with van der Waals surface area (Å²) in [7, 11) is 0. The van der Waals surface area contributed by atoms with Crippen LogP contribution < -0.4 is 0 Å². The van der Waals surface area contributed by atoms with Crippen LogP contribution in [0.25, 0.3) is 0 Å². The van der Waals surface area contributed by atoms with Crippen LogP contribution in [0, 0.1) is 0 Å². The second-order valence-corrected chi connectivity index (χ2v) is 15.6. The molecule has 296 valence electrons. The van der Waals surface area contributed by atoms with E-state index in [1.807, 2.05) is 0 Å². The van der Waals surface area contributed by atoms with E-state index in [4.69, 9.17) is 4.74 Å². The van der Waals surface area contributed by atoms with Crippen molar-refractivity contribution in [2.75, 3.05) is 6.61 Å². The zero-order chi connectivity index (χ0) is 36.3. The van der Waals surface area contributed by atoms with Crippen molar-refractivity contribution < 1.29 is 14.6 Å². The summed E-state index contributed by atoms with van der Waals surface area (Å²) in [6.45, 7) is 4.93. The molecule has 0 radical (unpaired) electrons. The van der Waals surface area contributed by atoms with E-state index >= 15 is 0 Å². The maximum atomic E-state index is 12.0. The van der Waals surface area contributed by atoms with E-state index in [0.717, 1.165) is 25.7 Å². The molecule has 0 heterocycles. The van der Waals surface area contributed by atoms with Crippen LogP contribution in [-0.4, -0.2) is 23.8 Å². The van der Waals surface area contributed by atoms with Gasteiger partial charge in [0.25, 0.3) is 0 Å². The lowest BCUT2D eigenvalue weighted by Crippen LogP contribution is -2.13. The van der Waals surface area contributed by atoms with Gasteiger partial charge in [-0.15, -0.1) is 0 Å². The van der Waals surface area contributed by atoms with Crippen molar-refractivity contribution in [3.63, 3.8) is 0 Å². The first-order valence-corrected chi connectivity index (χ1v) is 22.8. The smallest absolute Gasteiger partial charge is 0.305 e. The fourth-order valence-corrected chi connectivity index (χ4v) is 6.91. The first-order valence-electron chi connectivity index (χ1n) is 22.8. The average Bonchev–Trinajstić information content (AvgIpc) is 3.11. The van der Waals surface area contributed by atoms with Crippen LogP contribution in [0.4, 0.5) is 0 Å². The van der Waals surface area contributed by atoms with Crippen LogP contribution in [-0.2, 0) is 9.53 Å². The van der Waals surface area contributed by atoms with Gasteiger partial charge in [0.2, 0.25) is 0 Å². The third-order valence-corrected chi connectivity index (χ3v) is 10.4. The number of unbranched alkanes of at least 4 members (excludes halogenated alkanes) is 31. The van der Waals surface area contributed by atoms with Crippen molar-refractivity contribution in [2.24, 2.45) is 0 Å². The lowest BCUT2D eigenvalue weighted by atomic mass is 10.0. The summed E-state index contributed by atoms with van der Waals surface area (Å²) in [6, 6.07) is 0. The standard InChI is InChI=1S/C47H90O3/c1-3-5-7-9-11-13-15-17-19-20-21-22-23-24-25-26-27-29-31-33-35-37-39-41-43-47(49)50-45-44-46(48)42-40-38-36-34-32-30-28-18-16-14-12-10-8-6-4-2/h18,25-26,28,46,48H,3-17,19-24,27,29-45H2,1-2H3/b26-25-,28-18+/t46-/m1/s1. The first-order chi connectivity index (χ1) is 24.7. The number of ether oxygens (including phenoxy) is 1. The molecule has 0 saturated carbocycles. The average molecular weight is 703 g/mol. The molecule has 1 N–H and O–H groups in total. The van der Waals surface area contributed by atoms with Gasteiger partial charge in [-0.05, 0) is 64.2 Å². The molecule has 1 atom stereocenters. The van der Waals surface area contributed by atoms with Gasteiger partial charge in [0.05, 0.1) is 12.7 Å². The number of hydrogen-bond acceptors (Lipinski definition) is 3. The van der Waals surface area contributed by atoms with Gasteiger partial charge in [0.1, 0.15) is 0 Å². The van der Waals surface area contributed by atoms with Gasteiger partial charge in [0.15, 0.2) is 0 Å². The normalized spacial score (nSPS) is 12.5. The molecule has 0 amide bonds. The summed E-state index contributed by atoms with van der Waals surface area (Å²) in [5.41, 5.74) is 0. The van der Waals surface area contributed by atoms with E-state index in [0.29, 0.717) is 19.4 Å². The van der Waals surface area contributed by atoms with Gasteiger partial charge < -0.3 is 9.84 Å². The van der Waals surface area contributed by atoms with Gasteiger partial charge in [-0.1, -0.05) is 205 Å². The Morgan fingerprint density at radius 3 is 1.08 bits per heavy atom. The molecule has 0 aliphatic carbocycles. The number of carbonyl (C=O) groups excluding carboxylic acids is 1. The van der Waals surface area contributed by atoms with E-state index in [1.165, 1.54) is 205 Å². The topological polar surface area (TPSA) is 46.5 Å². The highest BCUT2D eigenvalue weighted by atomic mass is 16.5. The highest BCUT2D eigenvalue weighted by molar-refractivity contribution is 5.69. The number of allylic oxidation sites excluding steroid dienone is 4. The Kier molecular flexibility index (Phi) is 43.1. The maximum Gasteiger partial charge on any atom is 0.305 e. The van der Waals surface area contributed by atoms with E-state index in [9.17, 15) is 9.90 Å². The highest BCUT2D eigenvalue weighted by Crippen LogP contribution is 2.15. The molecule has 0 aromatic carbocycles. The predicted octanol–water partition coefficient (Wildman–Crippen LogP) is 15.9. The zero-order valence-corrected chi connectivity index (χ0v) is 34.2. The summed E-state index contributed by atoms with van der Waals surface area (Å²) >= 11 is 0. The third-order valence-electron chi connectivity index (χ3n) is 10.4. The maximum absolute atomic E-state index is 12.0. The van der Waals surface area contributed by atoms with Gasteiger partial charge in [-0.25, -0.2) is 0 Å². The molecule has 0 bridgehead atoms. The number of esters is 1. The summed E-state index contributed by atoms with van der Waals surface area (Å²) < 4.78 is 5.38. The Morgan fingerprint density at radius 2 is 0.720 bits per heavy atom. The SMILES string of the molecule is CCCCCCCC/C=C/CCCCCCC[C@@H](O)CCOC(=O)CCCCCCCCC/C=C\CCCCCCCCCCCCCCC. The van der Waals surface area contributed by atoms with Gasteiger partial charge in [-0.3, -0.25) is 4.79 Å². The van der Waals surface area contributed by atoms with E-state index in [1.54, 1.807) is 0 Å². The summed E-state index contributed by atoms with van der Waals surface area (Å²) in [6.07, 6.45) is 57.5. The Morgan fingerprint density at radius 1 is 0.420 bits per heavy atom. The quantitative estimate of drug-likeness (QED) is 0.0391. The van der Waals surface area contributed by atoms with Crippen LogP contribution in [0.5, 0.6) is 0 Å². The van der Waals surface area contributed by atoms with Crippen molar-refractivity contribution in [3.8, 4) is 0 Å². The Hall–Kier alpha value is -1.09. The molecule has 0 aromatic heterocycles. The van der Waals surface area contributed by atoms with Crippen molar-refractivity contribution in [1.82, 2.24) is 0 Å². The molecular weight excluding hydrogens is 613 g/mol. The lowest BCUT2D eigenvalue weighted by Gasteiger charge is -2.11. The number of rotatable bonds is 42. The minimum Gasteiger partial charge on any atom is -0.466 e.